The summed E-state index contributed by atoms with van der Waals surface area (Å²) in [5.74, 6) is 0.631. The van der Waals surface area contributed by atoms with Crippen molar-refractivity contribution in [1.29, 1.82) is 0 Å². The third kappa shape index (κ3) is 7.31. The van der Waals surface area contributed by atoms with Crippen molar-refractivity contribution in [2.24, 2.45) is 0 Å². The molecule has 2 aromatic carbocycles. The minimum atomic E-state index is -4.03. The van der Waals surface area contributed by atoms with Gasteiger partial charge in [0.25, 0.3) is 0 Å². The number of carbonyl (C=O) groups is 1. The molecule has 2 N–H and O–H groups in total. The average molecular weight is 517 g/mol. The van der Waals surface area contributed by atoms with Crippen molar-refractivity contribution in [3.8, 4) is 5.75 Å². The molecular formula is C28H40N2O5S. The SMILES string of the molecule is CCCCCC(=O)NCCC(O)(Cc1ccccc1)N(CCCC)S(=O)(=O)c1ccc2c(c1)CCO2. The van der Waals surface area contributed by atoms with Crippen molar-refractivity contribution in [1.82, 2.24) is 9.62 Å². The summed E-state index contributed by atoms with van der Waals surface area (Å²) in [5, 5.41) is 14.9. The van der Waals surface area contributed by atoms with Crippen molar-refractivity contribution in [2.75, 3.05) is 19.7 Å². The molecule has 1 atom stereocenters. The number of carbonyl (C=O) groups excluding carboxylic acids is 1. The van der Waals surface area contributed by atoms with Crippen LogP contribution < -0.4 is 10.1 Å². The van der Waals surface area contributed by atoms with E-state index >= 15 is 0 Å². The molecule has 1 amide bonds. The van der Waals surface area contributed by atoms with Gasteiger partial charge in [-0.3, -0.25) is 4.79 Å². The first-order valence-corrected chi connectivity index (χ1v) is 14.6. The molecule has 198 valence electrons. The molecule has 1 heterocycles. The zero-order valence-electron chi connectivity index (χ0n) is 21.5. The fourth-order valence-corrected chi connectivity index (χ4v) is 6.31. The van der Waals surface area contributed by atoms with Gasteiger partial charge in [0.05, 0.1) is 11.5 Å². The Kier molecular flexibility index (Phi) is 10.3. The van der Waals surface area contributed by atoms with E-state index in [2.05, 4.69) is 12.2 Å². The van der Waals surface area contributed by atoms with Crippen LogP contribution >= 0.6 is 0 Å². The minimum Gasteiger partial charge on any atom is -0.493 e. The van der Waals surface area contributed by atoms with E-state index in [1.807, 2.05) is 37.3 Å². The predicted molar refractivity (Wildman–Crippen MR) is 141 cm³/mol. The smallest absolute Gasteiger partial charge is 0.245 e. The van der Waals surface area contributed by atoms with E-state index in [1.165, 1.54) is 4.31 Å². The lowest BCUT2D eigenvalue weighted by Crippen LogP contribution is -2.55. The summed E-state index contributed by atoms with van der Waals surface area (Å²) in [4.78, 5) is 12.4. The molecule has 0 saturated carbocycles. The molecule has 2 aromatic rings. The summed E-state index contributed by atoms with van der Waals surface area (Å²) >= 11 is 0. The first kappa shape index (κ1) is 28.2. The van der Waals surface area contributed by atoms with E-state index < -0.39 is 15.7 Å². The van der Waals surface area contributed by atoms with Crippen LogP contribution in [0.3, 0.4) is 0 Å². The number of aliphatic hydroxyl groups is 1. The number of hydrogen-bond donors (Lipinski definition) is 2. The van der Waals surface area contributed by atoms with E-state index in [9.17, 15) is 18.3 Å². The van der Waals surface area contributed by atoms with Crippen LogP contribution in [-0.4, -0.2) is 49.2 Å². The third-order valence-electron chi connectivity index (χ3n) is 6.61. The molecule has 1 unspecified atom stereocenters. The standard InChI is InChI=1S/C28H40N2O5S/c1-3-5-8-13-27(31)29-18-17-28(32,22-23-11-9-7-10-12-23)30(19-6-4-2)36(33,34)25-14-15-26-24(21-25)16-20-35-26/h7,9-12,14-15,21,32H,3-6,8,13,16-20,22H2,1-2H3,(H,29,31). The number of fused-ring (bicyclic) bond motifs is 1. The summed E-state index contributed by atoms with van der Waals surface area (Å²) in [6.07, 6.45) is 5.51. The second-order valence-electron chi connectivity index (χ2n) is 9.50. The molecule has 0 radical (unpaired) electrons. The van der Waals surface area contributed by atoms with Crippen molar-refractivity contribution in [3.05, 3.63) is 59.7 Å². The van der Waals surface area contributed by atoms with Crippen LogP contribution in [0.25, 0.3) is 0 Å². The van der Waals surface area contributed by atoms with E-state index in [1.54, 1.807) is 18.2 Å². The van der Waals surface area contributed by atoms with E-state index in [0.717, 1.165) is 36.8 Å². The fraction of sp³-hybridized carbons (Fsp3) is 0.536. The Balaban J connectivity index is 1.90. The van der Waals surface area contributed by atoms with Crippen LogP contribution in [0.5, 0.6) is 5.75 Å². The first-order valence-electron chi connectivity index (χ1n) is 13.1. The molecular weight excluding hydrogens is 476 g/mol. The topological polar surface area (TPSA) is 95.9 Å². The number of rotatable bonds is 15. The molecule has 0 aliphatic carbocycles. The first-order chi connectivity index (χ1) is 17.3. The highest BCUT2D eigenvalue weighted by atomic mass is 32.2. The van der Waals surface area contributed by atoms with Gasteiger partial charge in [0.1, 0.15) is 11.5 Å². The van der Waals surface area contributed by atoms with Crippen molar-refractivity contribution < 1.29 is 23.1 Å². The highest BCUT2D eigenvalue weighted by Gasteiger charge is 2.42. The maximum Gasteiger partial charge on any atom is 0.245 e. The summed E-state index contributed by atoms with van der Waals surface area (Å²) in [5.41, 5.74) is -0.0209. The number of ether oxygens (including phenoxy) is 1. The highest BCUT2D eigenvalue weighted by molar-refractivity contribution is 7.89. The van der Waals surface area contributed by atoms with Crippen LogP contribution in [-0.2, 0) is 27.7 Å². The number of nitrogens with one attached hydrogen (secondary N) is 1. The van der Waals surface area contributed by atoms with Crippen molar-refractivity contribution >= 4 is 15.9 Å². The summed E-state index contributed by atoms with van der Waals surface area (Å²) in [6, 6.07) is 14.3. The third-order valence-corrected chi connectivity index (χ3v) is 8.57. The summed E-state index contributed by atoms with van der Waals surface area (Å²) in [7, 11) is -4.03. The molecule has 36 heavy (non-hydrogen) atoms. The molecule has 1 aliphatic heterocycles. The molecule has 0 aromatic heterocycles. The van der Waals surface area contributed by atoms with Gasteiger partial charge < -0.3 is 15.2 Å². The van der Waals surface area contributed by atoms with Crippen LogP contribution in [0.15, 0.2) is 53.4 Å². The van der Waals surface area contributed by atoms with E-state index in [4.69, 9.17) is 4.74 Å². The molecule has 7 nitrogen and oxygen atoms in total. The van der Waals surface area contributed by atoms with E-state index in [0.29, 0.717) is 31.6 Å². The Morgan fingerprint density at radius 3 is 2.56 bits per heavy atom. The van der Waals surface area contributed by atoms with Crippen LogP contribution in [0.2, 0.25) is 0 Å². The van der Waals surface area contributed by atoms with Crippen LogP contribution in [0.4, 0.5) is 0 Å². The van der Waals surface area contributed by atoms with Gasteiger partial charge in [0.2, 0.25) is 15.9 Å². The van der Waals surface area contributed by atoms with Gasteiger partial charge in [-0.05, 0) is 42.2 Å². The lowest BCUT2D eigenvalue weighted by molar-refractivity contribution is -0.121. The lowest BCUT2D eigenvalue weighted by Gasteiger charge is -2.39. The Morgan fingerprint density at radius 2 is 1.83 bits per heavy atom. The summed E-state index contributed by atoms with van der Waals surface area (Å²) in [6.45, 7) is 4.98. The zero-order chi connectivity index (χ0) is 26.0. The Hall–Kier alpha value is -2.42. The quantitative estimate of drug-likeness (QED) is 0.270. The van der Waals surface area contributed by atoms with Gasteiger partial charge >= 0.3 is 0 Å². The lowest BCUT2D eigenvalue weighted by atomic mass is 9.98. The maximum absolute atomic E-state index is 14.0. The van der Waals surface area contributed by atoms with Gasteiger partial charge in [0.15, 0.2) is 0 Å². The Bertz CT molecular complexity index is 1090. The van der Waals surface area contributed by atoms with Crippen molar-refractivity contribution in [2.45, 2.75) is 82.3 Å². The predicted octanol–water partition coefficient (Wildman–Crippen LogP) is 4.43. The van der Waals surface area contributed by atoms with Crippen LogP contribution in [0, 0.1) is 0 Å². The fourth-order valence-electron chi connectivity index (χ4n) is 4.55. The van der Waals surface area contributed by atoms with Crippen molar-refractivity contribution in [3.63, 3.8) is 0 Å². The maximum atomic E-state index is 14.0. The molecule has 0 spiro atoms. The molecule has 1 aliphatic rings. The van der Waals surface area contributed by atoms with Gasteiger partial charge in [-0.1, -0.05) is 63.4 Å². The number of nitrogens with zero attached hydrogens (tertiary/aromatic N) is 1. The number of unbranched alkanes of at least 4 members (excludes halogenated alkanes) is 3. The highest BCUT2D eigenvalue weighted by Crippen LogP contribution is 2.33. The van der Waals surface area contributed by atoms with Gasteiger partial charge in [0, 0.05) is 38.8 Å². The number of amides is 1. The summed E-state index contributed by atoms with van der Waals surface area (Å²) < 4.78 is 34.8. The monoisotopic (exact) mass is 516 g/mol. The molecule has 3 rings (SSSR count). The number of benzene rings is 2. The van der Waals surface area contributed by atoms with Gasteiger partial charge in [-0.2, -0.15) is 4.31 Å². The molecule has 8 heteroatoms. The zero-order valence-corrected chi connectivity index (χ0v) is 22.4. The molecule has 0 saturated heterocycles. The van der Waals surface area contributed by atoms with Gasteiger partial charge in [-0.25, -0.2) is 8.42 Å². The minimum absolute atomic E-state index is 0.0768. The van der Waals surface area contributed by atoms with E-state index in [-0.39, 0.29) is 36.7 Å². The number of hydrogen-bond acceptors (Lipinski definition) is 5. The Labute approximate surface area is 215 Å². The molecule has 0 fully saturated rings. The average Bonchev–Trinajstić information content (AvgIpc) is 3.33. The largest absolute Gasteiger partial charge is 0.493 e. The van der Waals surface area contributed by atoms with Crippen LogP contribution in [0.1, 0.15) is 69.9 Å². The second kappa shape index (κ2) is 13.2. The Morgan fingerprint density at radius 1 is 1.08 bits per heavy atom. The normalized spacial score (nSPS) is 14.8. The second-order valence-corrected chi connectivity index (χ2v) is 11.4. The van der Waals surface area contributed by atoms with Gasteiger partial charge in [-0.15, -0.1) is 0 Å². The molecule has 0 bridgehead atoms. The number of sulfonamides is 1.